The smallest absolute Gasteiger partial charge is 0.307 e. The van der Waals surface area contributed by atoms with E-state index in [9.17, 15) is 13.2 Å². The number of carbonyl (C=O) groups is 1. The third kappa shape index (κ3) is 4.20. The Kier molecular flexibility index (Phi) is 5.51. The van der Waals surface area contributed by atoms with E-state index in [1.807, 2.05) is 0 Å². The molecule has 2 unspecified atom stereocenters. The molecule has 0 amide bonds. The van der Waals surface area contributed by atoms with Crippen LogP contribution in [0, 0.1) is 5.92 Å². The predicted octanol–water partition coefficient (Wildman–Crippen LogP) is -0.348. The molecule has 0 aliphatic carbocycles. The van der Waals surface area contributed by atoms with Crippen LogP contribution in [0.15, 0.2) is 0 Å². The van der Waals surface area contributed by atoms with Crippen LogP contribution in [0.3, 0.4) is 0 Å². The Morgan fingerprint density at radius 1 is 1.61 bits per heavy atom. The Bertz CT molecular complexity index is 384. The maximum absolute atomic E-state index is 11.9. The van der Waals surface area contributed by atoms with E-state index in [4.69, 9.17) is 9.84 Å². The number of ether oxygens (including phenoxy) is 1. The normalized spacial score (nSPS) is 23.8. The lowest BCUT2D eigenvalue weighted by molar-refractivity contribution is -0.142. The van der Waals surface area contributed by atoms with Gasteiger partial charge in [-0.15, -0.1) is 0 Å². The summed E-state index contributed by atoms with van der Waals surface area (Å²) < 4.78 is 32.4. The maximum atomic E-state index is 11.9. The zero-order chi connectivity index (χ0) is 13.8. The zero-order valence-electron chi connectivity index (χ0n) is 10.6. The molecule has 7 nitrogen and oxygen atoms in total. The average molecular weight is 280 g/mol. The van der Waals surface area contributed by atoms with E-state index in [0.717, 1.165) is 0 Å². The molecule has 0 aromatic heterocycles. The fourth-order valence-corrected chi connectivity index (χ4v) is 3.13. The Morgan fingerprint density at radius 3 is 2.83 bits per heavy atom. The van der Waals surface area contributed by atoms with Crippen LogP contribution in [-0.4, -0.2) is 56.6 Å². The lowest BCUT2D eigenvalue weighted by Gasteiger charge is -2.30. The minimum atomic E-state index is -3.61. The second kappa shape index (κ2) is 6.46. The first-order chi connectivity index (χ1) is 8.36. The van der Waals surface area contributed by atoms with Gasteiger partial charge in [-0.05, 0) is 19.8 Å². The van der Waals surface area contributed by atoms with Gasteiger partial charge in [0, 0.05) is 26.7 Å². The maximum Gasteiger partial charge on any atom is 0.307 e. The number of carboxylic acids is 1. The standard InChI is InChI=1S/C10H20N2O5S/c1-8(17-2)6-11-18(15,16)12-5-3-4-9(7-12)10(13)14/h8-9,11H,3-7H2,1-2H3,(H,13,14). The number of nitrogens with zero attached hydrogens (tertiary/aromatic N) is 1. The summed E-state index contributed by atoms with van der Waals surface area (Å²) in [5.41, 5.74) is 0. The summed E-state index contributed by atoms with van der Waals surface area (Å²) in [6.07, 6.45) is 0.868. The molecule has 8 heteroatoms. The van der Waals surface area contributed by atoms with Crippen molar-refractivity contribution >= 4 is 16.2 Å². The van der Waals surface area contributed by atoms with Crippen molar-refractivity contribution in [2.45, 2.75) is 25.9 Å². The Balaban J connectivity index is 2.59. The lowest BCUT2D eigenvalue weighted by atomic mass is 10.0. The lowest BCUT2D eigenvalue weighted by Crippen LogP contribution is -2.48. The third-order valence-electron chi connectivity index (χ3n) is 3.03. The Morgan fingerprint density at radius 2 is 2.28 bits per heavy atom. The number of hydrogen-bond acceptors (Lipinski definition) is 4. The first kappa shape index (κ1) is 15.4. The summed E-state index contributed by atoms with van der Waals surface area (Å²) in [4.78, 5) is 10.9. The number of hydrogen-bond donors (Lipinski definition) is 2. The quantitative estimate of drug-likeness (QED) is 0.693. The van der Waals surface area contributed by atoms with Gasteiger partial charge in [-0.2, -0.15) is 17.4 Å². The number of rotatable bonds is 6. The van der Waals surface area contributed by atoms with E-state index in [2.05, 4.69) is 4.72 Å². The van der Waals surface area contributed by atoms with Crippen molar-refractivity contribution < 1.29 is 23.1 Å². The van der Waals surface area contributed by atoms with Crippen LogP contribution in [0.5, 0.6) is 0 Å². The van der Waals surface area contributed by atoms with E-state index in [1.165, 1.54) is 11.4 Å². The van der Waals surface area contributed by atoms with E-state index in [-0.39, 0.29) is 19.2 Å². The largest absolute Gasteiger partial charge is 0.481 e. The summed E-state index contributed by atoms with van der Waals surface area (Å²) in [7, 11) is -2.11. The number of nitrogens with one attached hydrogen (secondary N) is 1. The molecule has 0 spiro atoms. The van der Waals surface area contributed by atoms with Crippen LogP contribution in [-0.2, 0) is 19.7 Å². The van der Waals surface area contributed by atoms with E-state index in [1.54, 1.807) is 6.92 Å². The van der Waals surface area contributed by atoms with Gasteiger partial charge in [0.05, 0.1) is 12.0 Å². The molecule has 1 saturated heterocycles. The number of carboxylic acid groups (broad SMARTS) is 1. The molecule has 106 valence electrons. The van der Waals surface area contributed by atoms with Crippen molar-refractivity contribution in [1.29, 1.82) is 0 Å². The van der Waals surface area contributed by atoms with Crippen LogP contribution in [0.2, 0.25) is 0 Å². The van der Waals surface area contributed by atoms with Crippen molar-refractivity contribution in [3.05, 3.63) is 0 Å². The van der Waals surface area contributed by atoms with Gasteiger partial charge in [0.2, 0.25) is 0 Å². The second-order valence-corrected chi connectivity index (χ2v) is 6.19. The van der Waals surface area contributed by atoms with Crippen molar-refractivity contribution in [3.8, 4) is 0 Å². The van der Waals surface area contributed by atoms with Crippen molar-refractivity contribution in [1.82, 2.24) is 9.03 Å². The molecule has 1 aliphatic heterocycles. The minimum Gasteiger partial charge on any atom is -0.481 e. The minimum absolute atomic E-state index is 0.0338. The van der Waals surface area contributed by atoms with Gasteiger partial charge in [-0.1, -0.05) is 0 Å². The summed E-state index contributed by atoms with van der Waals surface area (Å²) in [5, 5.41) is 8.92. The highest BCUT2D eigenvalue weighted by atomic mass is 32.2. The average Bonchev–Trinajstić information content (AvgIpc) is 2.36. The van der Waals surface area contributed by atoms with E-state index in [0.29, 0.717) is 19.4 Å². The molecule has 1 heterocycles. The molecular formula is C10H20N2O5S. The molecule has 0 bridgehead atoms. The molecule has 1 fully saturated rings. The van der Waals surface area contributed by atoms with Crippen LogP contribution >= 0.6 is 0 Å². The van der Waals surface area contributed by atoms with Gasteiger partial charge in [0.15, 0.2) is 0 Å². The predicted molar refractivity (Wildman–Crippen MR) is 65.3 cm³/mol. The molecule has 0 aromatic rings. The molecule has 2 atom stereocenters. The number of methoxy groups -OCH3 is 1. The summed E-state index contributed by atoms with van der Waals surface area (Å²) in [6.45, 7) is 2.32. The molecule has 1 aliphatic rings. The van der Waals surface area contributed by atoms with Crippen LogP contribution in [0.1, 0.15) is 19.8 Å². The first-order valence-corrected chi connectivity index (χ1v) is 7.31. The monoisotopic (exact) mass is 280 g/mol. The van der Waals surface area contributed by atoms with Gasteiger partial charge in [-0.3, -0.25) is 4.79 Å². The third-order valence-corrected chi connectivity index (χ3v) is 4.57. The van der Waals surface area contributed by atoms with Crippen LogP contribution in [0.25, 0.3) is 0 Å². The Labute approximate surface area is 107 Å². The summed E-state index contributed by atoms with van der Waals surface area (Å²) >= 11 is 0. The van der Waals surface area contributed by atoms with Gasteiger partial charge < -0.3 is 9.84 Å². The Hall–Kier alpha value is -0.700. The zero-order valence-corrected chi connectivity index (χ0v) is 11.4. The van der Waals surface area contributed by atoms with E-state index >= 15 is 0 Å². The fraction of sp³-hybridized carbons (Fsp3) is 0.900. The highest BCUT2D eigenvalue weighted by Gasteiger charge is 2.32. The molecule has 2 N–H and O–H groups in total. The van der Waals surface area contributed by atoms with Crippen LogP contribution < -0.4 is 4.72 Å². The first-order valence-electron chi connectivity index (χ1n) is 5.87. The van der Waals surface area contributed by atoms with Gasteiger partial charge >= 0.3 is 5.97 Å². The molecule has 18 heavy (non-hydrogen) atoms. The summed E-state index contributed by atoms with van der Waals surface area (Å²) in [6, 6.07) is 0. The van der Waals surface area contributed by atoms with Crippen molar-refractivity contribution in [2.24, 2.45) is 5.92 Å². The molecule has 0 radical (unpaired) electrons. The fourth-order valence-electron chi connectivity index (χ4n) is 1.76. The molecule has 0 saturated carbocycles. The SMILES string of the molecule is COC(C)CNS(=O)(=O)N1CCCC(C(=O)O)C1. The van der Waals surface area contributed by atoms with Gasteiger partial charge in [-0.25, -0.2) is 0 Å². The van der Waals surface area contributed by atoms with Crippen molar-refractivity contribution in [2.75, 3.05) is 26.7 Å². The van der Waals surface area contributed by atoms with Gasteiger partial charge in [0.25, 0.3) is 10.2 Å². The van der Waals surface area contributed by atoms with Crippen LogP contribution in [0.4, 0.5) is 0 Å². The molecular weight excluding hydrogens is 260 g/mol. The molecule has 1 rings (SSSR count). The summed E-state index contributed by atoms with van der Waals surface area (Å²) in [5.74, 6) is -1.56. The number of aliphatic carboxylic acids is 1. The molecule has 0 aromatic carbocycles. The van der Waals surface area contributed by atoms with E-state index < -0.39 is 22.1 Å². The van der Waals surface area contributed by atoms with Crippen molar-refractivity contribution in [3.63, 3.8) is 0 Å². The second-order valence-electron chi connectivity index (χ2n) is 4.44. The highest BCUT2D eigenvalue weighted by molar-refractivity contribution is 7.87. The highest BCUT2D eigenvalue weighted by Crippen LogP contribution is 2.18. The van der Waals surface area contributed by atoms with Gasteiger partial charge in [0.1, 0.15) is 0 Å². The number of piperidine rings is 1. The topological polar surface area (TPSA) is 95.9 Å².